The molecule has 0 radical (unpaired) electrons. The summed E-state index contributed by atoms with van der Waals surface area (Å²) >= 11 is 5.36. The summed E-state index contributed by atoms with van der Waals surface area (Å²) in [5, 5.41) is 7.01. The lowest BCUT2D eigenvalue weighted by molar-refractivity contribution is 0.351. The molecule has 0 aromatic heterocycles. The summed E-state index contributed by atoms with van der Waals surface area (Å²) in [7, 11) is 7.32. The van der Waals surface area contributed by atoms with Crippen molar-refractivity contribution in [1.29, 1.82) is 0 Å². The van der Waals surface area contributed by atoms with Gasteiger partial charge >= 0.3 is 0 Å². The lowest BCUT2D eigenvalue weighted by atomic mass is 10.1. The Kier molecular flexibility index (Phi) is 6.89. The summed E-state index contributed by atoms with van der Waals surface area (Å²) < 4.78 is 10.8. The van der Waals surface area contributed by atoms with Crippen LogP contribution in [0, 0.1) is 0 Å². The molecule has 0 saturated heterocycles. The van der Waals surface area contributed by atoms with Crippen LogP contribution < -0.4 is 25.0 Å². The molecule has 2 N–H and O–H groups in total. The molecular weight excluding hydrogens is 334 g/mol. The SMILES string of the molecule is COc1cccc(CCNC(=S)Nc2ccc(N(C)C)cc2)c1OC. The third kappa shape index (κ3) is 5.26. The lowest BCUT2D eigenvalue weighted by Crippen LogP contribution is -2.30. The third-order valence-electron chi connectivity index (χ3n) is 3.81. The summed E-state index contributed by atoms with van der Waals surface area (Å²) in [6.45, 7) is 0.700. The van der Waals surface area contributed by atoms with Crippen LogP contribution in [0.25, 0.3) is 0 Å². The number of anilines is 2. The van der Waals surface area contributed by atoms with E-state index >= 15 is 0 Å². The topological polar surface area (TPSA) is 45.8 Å². The highest BCUT2D eigenvalue weighted by molar-refractivity contribution is 7.80. The number of nitrogens with one attached hydrogen (secondary N) is 2. The molecule has 0 fully saturated rings. The second-order valence-electron chi connectivity index (χ2n) is 5.72. The van der Waals surface area contributed by atoms with E-state index in [0.717, 1.165) is 34.9 Å². The fourth-order valence-corrected chi connectivity index (χ4v) is 2.70. The number of hydrogen-bond donors (Lipinski definition) is 2. The standard InChI is InChI=1S/C19H25N3O2S/c1-22(2)16-10-8-15(9-11-16)21-19(25)20-13-12-14-6-5-7-17(23-3)18(14)24-4/h5-11H,12-13H2,1-4H3,(H2,20,21,25). The molecule has 0 atom stereocenters. The fourth-order valence-electron chi connectivity index (χ4n) is 2.48. The number of thiocarbonyl (C=S) groups is 1. The van der Waals surface area contributed by atoms with Crippen molar-refractivity contribution in [1.82, 2.24) is 5.32 Å². The second kappa shape index (κ2) is 9.13. The second-order valence-corrected chi connectivity index (χ2v) is 6.13. The maximum absolute atomic E-state index is 5.45. The van der Waals surface area contributed by atoms with E-state index in [1.807, 2.05) is 56.6 Å². The van der Waals surface area contributed by atoms with Gasteiger partial charge in [0, 0.05) is 32.0 Å². The van der Waals surface area contributed by atoms with Gasteiger partial charge in [0.25, 0.3) is 0 Å². The molecule has 0 spiro atoms. The van der Waals surface area contributed by atoms with Crippen LogP contribution in [0.1, 0.15) is 5.56 Å². The molecule has 0 heterocycles. The van der Waals surface area contributed by atoms with Gasteiger partial charge in [-0.2, -0.15) is 0 Å². The number of rotatable bonds is 7. The predicted molar refractivity (Wildman–Crippen MR) is 108 cm³/mol. The number of ether oxygens (including phenoxy) is 2. The van der Waals surface area contributed by atoms with Crippen LogP contribution in [0.3, 0.4) is 0 Å². The minimum atomic E-state index is 0.597. The van der Waals surface area contributed by atoms with E-state index in [0.29, 0.717) is 11.7 Å². The van der Waals surface area contributed by atoms with Crippen molar-refractivity contribution in [2.24, 2.45) is 0 Å². The first kappa shape index (κ1) is 18.9. The quantitative estimate of drug-likeness (QED) is 0.740. The van der Waals surface area contributed by atoms with Crippen LogP contribution in [0.2, 0.25) is 0 Å². The van der Waals surface area contributed by atoms with E-state index in [-0.39, 0.29) is 0 Å². The first-order valence-corrected chi connectivity index (χ1v) is 8.48. The van der Waals surface area contributed by atoms with Gasteiger partial charge in [-0.15, -0.1) is 0 Å². The van der Waals surface area contributed by atoms with Gasteiger partial charge in [0.1, 0.15) is 0 Å². The van der Waals surface area contributed by atoms with Crippen molar-refractivity contribution >= 4 is 28.7 Å². The van der Waals surface area contributed by atoms with Crippen molar-refractivity contribution in [3.05, 3.63) is 48.0 Å². The fraction of sp³-hybridized carbons (Fsp3) is 0.316. The van der Waals surface area contributed by atoms with Crippen molar-refractivity contribution in [2.75, 3.05) is 45.1 Å². The summed E-state index contributed by atoms with van der Waals surface area (Å²) in [6.07, 6.45) is 0.780. The van der Waals surface area contributed by atoms with Gasteiger partial charge in [-0.3, -0.25) is 0 Å². The number of methoxy groups -OCH3 is 2. The molecule has 0 amide bonds. The Balaban J connectivity index is 1.86. The van der Waals surface area contributed by atoms with Crippen LogP contribution in [0.15, 0.2) is 42.5 Å². The van der Waals surface area contributed by atoms with E-state index in [2.05, 4.69) is 15.5 Å². The molecular formula is C19H25N3O2S. The number of nitrogens with zero attached hydrogens (tertiary/aromatic N) is 1. The average Bonchev–Trinajstić information content (AvgIpc) is 2.61. The van der Waals surface area contributed by atoms with E-state index in [1.54, 1.807) is 14.2 Å². The molecule has 0 aliphatic heterocycles. The molecule has 0 bridgehead atoms. The zero-order valence-corrected chi connectivity index (χ0v) is 15.9. The molecule has 5 nitrogen and oxygen atoms in total. The van der Waals surface area contributed by atoms with Crippen molar-refractivity contribution in [2.45, 2.75) is 6.42 Å². The molecule has 0 unspecified atom stereocenters. The maximum atomic E-state index is 5.45. The maximum Gasteiger partial charge on any atom is 0.170 e. The highest BCUT2D eigenvalue weighted by atomic mass is 32.1. The Morgan fingerprint density at radius 2 is 1.76 bits per heavy atom. The average molecular weight is 359 g/mol. The minimum Gasteiger partial charge on any atom is -0.493 e. The van der Waals surface area contributed by atoms with Crippen molar-refractivity contribution in [3.63, 3.8) is 0 Å². The van der Waals surface area contributed by atoms with E-state index < -0.39 is 0 Å². The minimum absolute atomic E-state index is 0.597. The van der Waals surface area contributed by atoms with Gasteiger partial charge in [0.2, 0.25) is 0 Å². The molecule has 0 aliphatic rings. The molecule has 25 heavy (non-hydrogen) atoms. The van der Waals surface area contributed by atoms with Crippen LogP contribution in [-0.4, -0.2) is 40.0 Å². The predicted octanol–water partition coefficient (Wildman–Crippen LogP) is 3.30. The van der Waals surface area contributed by atoms with Gasteiger partial charge in [-0.05, 0) is 54.5 Å². The van der Waals surface area contributed by atoms with Crippen LogP contribution in [0.4, 0.5) is 11.4 Å². The van der Waals surface area contributed by atoms with Crippen molar-refractivity contribution in [3.8, 4) is 11.5 Å². The van der Waals surface area contributed by atoms with E-state index in [1.165, 1.54) is 0 Å². The molecule has 2 rings (SSSR count). The molecule has 2 aromatic carbocycles. The Bertz CT molecular complexity index is 702. The summed E-state index contributed by atoms with van der Waals surface area (Å²) in [4.78, 5) is 2.06. The lowest BCUT2D eigenvalue weighted by Gasteiger charge is -2.15. The van der Waals surface area contributed by atoms with Crippen molar-refractivity contribution < 1.29 is 9.47 Å². The van der Waals surface area contributed by atoms with Gasteiger partial charge in [0.15, 0.2) is 16.6 Å². The number of benzene rings is 2. The molecule has 134 valence electrons. The molecule has 6 heteroatoms. The Labute approximate surface area is 154 Å². The van der Waals surface area contributed by atoms with Gasteiger partial charge in [-0.1, -0.05) is 12.1 Å². The largest absolute Gasteiger partial charge is 0.493 e. The zero-order chi connectivity index (χ0) is 18.2. The first-order valence-electron chi connectivity index (χ1n) is 8.07. The van der Waals surface area contributed by atoms with Gasteiger partial charge in [0.05, 0.1) is 14.2 Å². The van der Waals surface area contributed by atoms with Crippen LogP contribution >= 0.6 is 12.2 Å². The molecule has 0 aliphatic carbocycles. The van der Waals surface area contributed by atoms with Crippen LogP contribution in [-0.2, 0) is 6.42 Å². The summed E-state index contributed by atoms with van der Waals surface area (Å²) in [6, 6.07) is 14.0. The highest BCUT2D eigenvalue weighted by Gasteiger charge is 2.09. The zero-order valence-electron chi connectivity index (χ0n) is 15.1. The Morgan fingerprint density at radius 3 is 2.36 bits per heavy atom. The van der Waals surface area contributed by atoms with Crippen LogP contribution in [0.5, 0.6) is 11.5 Å². The normalized spacial score (nSPS) is 10.1. The Hall–Kier alpha value is -2.47. The van der Waals surface area contributed by atoms with E-state index in [4.69, 9.17) is 21.7 Å². The summed E-state index contributed by atoms with van der Waals surface area (Å²) in [5.41, 5.74) is 3.18. The smallest absolute Gasteiger partial charge is 0.170 e. The molecule has 2 aromatic rings. The van der Waals surface area contributed by atoms with Gasteiger partial charge in [-0.25, -0.2) is 0 Å². The third-order valence-corrected chi connectivity index (χ3v) is 4.05. The first-order chi connectivity index (χ1) is 12.0. The van der Waals surface area contributed by atoms with E-state index in [9.17, 15) is 0 Å². The Morgan fingerprint density at radius 1 is 1.04 bits per heavy atom. The highest BCUT2D eigenvalue weighted by Crippen LogP contribution is 2.30. The van der Waals surface area contributed by atoms with Gasteiger partial charge < -0.3 is 25.0 Å². The number of para-hydroxylation sites is 1. The monoisotopic (exact) mass is 359 g/mol. The summed E-state index contributed by atoms with van der Waals surface area (Å²) in [5.74, 6) is 1.51. The number of hydrogen-bond acceptors (Lipinski definition) is 4. The molecule has 0 saturated carbocycles.